The van der Waals surface area contributed by atoms with E-state index in [0.717, 1.165) is 33.3 Å². The summed E-state index contributed by atoms with van der Waals surface area (Å²) in [4.78, 5) is 15.0. The summed E-state index contributed by atoms with van der Waals surface area (Å²) >= 11 is 6.46. The number of carboxylic acid groups (broad SMARTS) is 1. The molecule has 1 aromatic heterocycles. The van der Waals surface area contributed by atoms with Gasteiger partial charge in [-0.3, -0.25) is 4.79 Å². The van der Waals surface area contributed by atoms with E-state index >= 15 is 0 Å². The van der Waals surface area contributed by atoms with Crippen molar-refractivity contribution < 1.29 is 14.6 Å². The molecule has 146 valence electrons. The Kier molecular flexibility index (Phi) is 5.28. The Bertz CT molecular complexity index is 1180. The van der Waals surface area contributed by atoms with E-state index in [9.17, 15) is 9.90 Å². The number of para-hydroxylation sites is 1. The number of H-pyrrole nitrogens is 1. The van der Waals surface area contributed by atoms with E-state index in [4.69, 9.17) is 16.3 Å². The number of nitrogens with one attached hydrogen (secondary N) is 1. The van der Waals surface area contributed by atoms with Gasteiger partial charge in [0.25, 0.3) is 0 Å². The van der Waals surface area contributed by atoms with E-state index in [1.807, 2.05) is 67.6 Å². The summed E-state index contributed by atoms with van der Waals surface area (Å²) in [5, 5.41) is 10.8. The number of benzene rings is 3. The van der Waals surface area contributed by atoms with E-state index in [1.165, 1.54) is 0 Å². The molecule has 0 fully saturated rings. The largest absolute Gasteiger partial charge is 0.488 e. The summed E-state index contributed by atoms with van der Waals surface area (Å²) in [6.07, 6.45) is -0.133. The molecule has 2 N–H and O–H groups in total. The van der Waals surface area contributed by atoms with Gasteiger partial charge in [0, 0.05) is 10.9 Å². The zero-order chi connectivity index (χ0) is 20.4. The van der Waals surface area contributed by atoms with Crippen LogP contribution in [0.15, 0.2) is 66.7 Å². The average Bonchev–Trinajstić information content (AvgIpc) is 3.10. The molecule has 3 aromatic carbocycles. The first-order chi connectivity index (χ1) is 14.0. The zero-order valence-electron chi connectivity index (χ0n) is 15.9. The Morgan fingerprint density at radius 2 is 1.76 bits per heavy atom. The molecule has 4 rings (SSSR count). The summed E-state index contributed by atoms with van der Waals surface area (Å²) in [7, 11) is 0. The van der Waals surface area contributed by atoms with Crippen LogP contribution >= 0.6 is 11.6 Å². The number of aryl methyl sites for hydroxylation is 1. The number of carboxylic acids is 1. The minimum Gasteiger partial charge on any atom is -0.488 e. The molecule has 0 aliphatic carbocycles. The number of aromatic nitrogens is 1. The maximum Gasteiger partial charge on any atom is 0.307 e. The predicted molar refractivity (Wildman–Crippen MR) is 116 cm³/mol. The third-order valence-electron chi connectivity index (χ3n) is 4.94. The van der Waals surface area contributed by atoms with Crippen molar-refractivity contribution in [3.63, 3.8) is 0 Å². The van der Waals surface area contributed by atoms with Gasteiger partial charge in [-0.2, -0.15) is 0 Å². The summed E-state index contributed by atoms with van der Waals surface area (Å²) < 4.78 is 6.09. The molecule has 0 amide bonds. The number of fused-ring (bicyclic) bond motifs is 1. The maximum absolute atomic E-state index is 11.6. The molecule has 0 aliphatic rings. The lowest BCUT2D eigenvalue weighted by Crippen LogP contribution is -2.02. The highest BCUT2D eigenvalue weighted by molar-refractivity contribution is 6.36. The fraction of sp³-hybridized carbons (Fsp3) is 0.125. The average molecular weight is 406 g/mol. The molecule has 0 aliphatic heterocycles. The van der Waals surface area contributed by atoms with E-state index in [0.29, 0.717) is 22.9 Å². The number of rotatable bonds is 6. The number of ether oxygens (including phenoxy) is 1. The standard InChI is InChI=1S/C24H20ClNO3/c1-15-11-12-19(25)22-18(13-21(27)28)24(26-23(15)22)17-9-5-6-10-20(17)29-14-16-7-3-2-4-8-16/h2-12,26H,13-14H2,1H3,(H,27,28). The molecule has 0 atom stereocenters. The Hall–Kier alpha value is -3.24. The van der Waals surface area contributed by atoms with Crippen LogP contribution in [0.4, 0.5) is 0 Å². The Morgan fingerprint density at radius 3 is 2.52 bits per heavy atom. The molecular formula is C24H20ClNO3. The molecule has 0 spiro atoms. The Labute approximate surface area is 173 Å². The minimum atomic E-state index is -0.910. The van der Waals surface area contributed by atoms with Crippen molar-refractivity contribution in [1.29, 1.82) is 0 Å². The number of hydrogen-bond donors (Lipinski definition) is 2. The highest BCUT2D eigenvalue weighted by Crippen LogP contribution is 2.39. The molecule has 4 aromatic rings. The smallest absolute Gasteiger partial charge is 0.307 e. The van der Waals surface area contributed by atoms with Gasteiger partial charge in [0.05, 0.1) is 22.7 Å². The van der Waals surface area contributed by atoms with Crippen molar-refractivity contribution in [1.82, 2.24) is 4.98 Å². The van der Waals surface area contributed by atoms with Gasteiger partial charge in [0.2, 0.25) is 0 Å². The van der Waals surface area contributed by atoms with Crippen LogP contribution in [0.5, 0.6) is 5.75 Å². The first-order valence-corrected chi connectivity index (χ1v) is 9.70. The molecule has 4 nitrogen and oxygen atoms in total. The topological polar surface area (TPSA) is 62.3 Å². The summed E-state index contributed by atoms with van der Waals surface area (Å²) in [5.74, 6) is -0.226. The molecule has 0 radical (unpaired) electrons. The number of hydrogen-bond acceptors (Lipinski definition) is 2. The molecule has 5 heteroatoms. The number of carbonyl (C=O) groups is 1. The van der Waals surface area contributed by atoms with E-state index < -0.39 is 5.97 Å². The Balaban J connectivity index is 1.83. The third-order valence-corrected chi connectivity index (χ3v) is 5.25. The van der Waals surface area contributed by atoms with Crippen LogP contribution in [0.25, 0.3) is 22.2 Å². The Morgan fingerprint density at radius 1 is 1.03 bits per heavy atom. The minimum absolute atomic E-state index is 0.133. The van der Waals surface area contributed by atoms with Gasteiger partial charge in [-0.1, -0.05) is 60.1 Å². The van der Waals surface area contributed by atoms with Crippen molar-refractivity contribution in [2.24, 2.45) is 0 Å². The number of aromatic amines is 1. The molecule has 29 heavy (non-hydrogen) atoms. The first kappa shape index (κ1) is 19.1. The zero-order valence-corrected chi connectivity index (χ0v) is 16.7. The van der Waals surface area contributed by atoms with Crippen molar-refractivity contribution in [2.75, 3.05) is 0 Å². The van der Waals surface area contributed by atoms with Crippen molar-refractivity contribution in [3.8, 4) is 17.0 Å². The highest BCUT2D eigenvalue weighted by atomic mass is 35.5. The molecule has 0 saturated carbocycles. The lowest BCUT2D eigenvalue weighted by molar-refractivity contribution is -0.136. The van der Waals surface area contributed by atoms with Gasteiger partial charge in [0.1, 0.15) is 12.4 Å². The summed E-state index contributed by atoms with van der Waals surface area (Å²) in [5.41, 5.74) is 5.11. The van der Waals surface area contributed by atoms with Gasteiger partial charge >= 0.3 is 5.97 Å². The fourth-order valence-corrected chi connectivity index (χ4v) is 3.83. The van der Waals surface area contributed by atoms with E-state index in [-0.39, 0.29) is 6.42 Å². The highest BCUT2D eigenvalue weighted by Gasteiger charge is 2.21. The first-order valence-electron chi connectivity index (χ1n) is 9.32. The maximum atomic E-state index is 11.6. The molecule has 0 unspecified atom stereocenters. The van der Waals surface area contributed by atoms with Crippen molar-refractivity contribution in [3.05, 3.63) is 88.4 Å². The second-order valence-electron chi connectivity index (χ2n) is 6.93. The van der Waals surface area contributed by atoms with Crippen molar-refractivity contribution in [2.45, 2.75) is 20.0 Å². The van der Waals surface area contributed by atoms with Crippen LogP contribution < -0.4 is 4.74 Å². The molecule has 1 heterocycles. The second kappa shape index (κ2) is 8.02. The fourth-order valence-electron chi connectivity index (χ4n) is 3.56. The third kappa shape index (κ3) is 3.84. The van der Waals surface area contributed by atoms with Crippen LogP contribution in [-0.2, 0) is 17.8 Å². The SMILES string of the molecule is Cc1ccc(Cl)c2c(CC(=O)O)c(-c3ccccc3OCc3ccccc3)[nH]c12. The predicted octanol–water partition coefficient (Wildman–Crippen LogP) is 6.00. The molecular weight excluding hydrogens is 386 g/mol. The van der Waals surface area contributed by atoms with Gasteiger partial charge in [0.15, 0.2) is 0 Å². The number of aliphatic carboxylic acids is 1. The quantitative estimate of drug-likeness (QED) is 0.413. The normalized spacial score (nSPS) is 11.0. The van der Waals surface area contributed by atoms with E-state index in [2.05, 4.69) is 4.98 Å². The lowest BCUT2D eigenvalue weighted by Gasteiger charge is -2.12. The number of halogens is 1. The van der Waals surface area contributed by atoms with Gasteiger partial charge in [-0.25, -0.2) is 0 Å². The van der Waals surface area contributed by atoms with Crippen molar-refractivity contribution >= 4 is 28.5 Å². The summed E-state index contributed by atoms with van der Waals surface area (Å²) in [6, 6.07) is 21.3. The molecule has 0 saturated heterocycles. The molecule has 0 bridgehead atoms. The van der Waals surface area contributed by atoms with Gasteiger partial charge in [-0.05, 0) is 41.8 Å². The summed E-state index contributed by atoms with van der Waals surface area (Å²) in [6.45, 7) is 2.40. The van der Waals surface area contributed by atoms with Crippen LogP contribution in [0.1, 0.15) is 16.7 Å². The van der Waals surface area contributed by atoms with Gasteiger partial charge < -0.3 is 14.8 Å². The van der Waals surface area contributed by atoms with Gasteiger partial charge in [-0.15, -0.1) is 0 Å². The monoisotopic (exact) mass is 405 g/mol. The van der Waals surface area contributed by atoms with Crippen LogP contribution in [-0.4, -0.2) is 16.1 Å². The van der Waals surface area contributed by atoms with Crippen LogP contribution in [0, 0.1) is 6.92 Å². The van der Waals surface area contributed by atoms with Crippen LogP contribution in [0.2, 0.25) is 5.02 Å². The van der Waals surface area contributed by atoms with E-state index in [1.54, 1.807) is 6.07 Å². The lowest BCUT2D eigenvalue weighted by atomic mass is 10.0. The van der Waals surface area contributed by atoms with Crippen LogP contribution in [0.3, 0.4) is 0 Å². The second-order valence-corrected chi connectivity index (χ2v) is 7.34.